The number of hydrogen-bond donors (Lipinski definition) is 1. The van der Waals surface area contributed by atoms with Gasteiger partial charge in [0.05, 0.1) is 21.7 Å². The molecule has 0 spiro atoms. The summed E-state index contributed by atoms with van der Waals surface area (Å²) in [6.07, 6.45) is 0. The van der Waals surface area contributed by atoms with E-state index in [9.17, 15) is 19.3 Å². The molecule has 0 bridgehead atoms. The van der Waals surface area contributed by atoms with Crippen molar-refractivity contribution in [2.24, 2.45) is 0 Å². The van der Waals surface area contributed by atoms with Crippen LogP contribution in [0.5, 0.6) is 5.75 Å². The van der Waals surface area contributed by atoms with Crippen molar-refractivity contribution >= 4 is 33.2 Å². The third-order valence-electron chi connectivity index (χ3n) is 2.89. The summed E-state index contributed by atoms with van der Waals surface area (Å²) in [4.78, 5) is 22.6. The Kier molecular flexibility index (Phi) is 5.28. The normalized spacial score (nSPS) is 10.2. The van der Waals surface area contributed by atoms with E-state index in [0.717, 1.165) is 6.07 Å². The van der Waals surface area contributed by atoms with Crippen molar-refractivity contribution in [1.29, 1.82) is 0 Å². The highest BCUT2D eigenvalue weighted by Gasteiger charge is 2.21. The highest BCUT2D eigenvalue weighted by molar-refractivity contribution is 9.10. The number of anilines is 1. The predicted octanol–water partition coefficient (Wildman–Crippen LogP) is 4.15. The van der Waals surface area contributed by atoms with E-state index >= 15 is 0 Å². The van der Waals surface area contributed by atoms with E-state index in [0.29, 0.717) is 11.1 Å². The monoisotopic (exact) mass is 382 g/mol. The van der Waals surface area contributed by atoms with Gasteiger partial charge in [0.25, 0.3) is 11.6 Å². The van der Waals surface area contributed by atoms with Gasteiger partial charge in [0.15, 0.2) is 5.75 Å². The van der Waals surface area contributed by atoms with Crippen LogP contribution in [-0.2, 0) is 0 Å². The minimum atomic E-state index is -0.726. The van der Waals surface area contributed by atoms with E-state index in [4.69, 9.17) is 4.74 Å². The molecule has 8 heteroatoms. The van der Waals surface area contributed by atoms with E-state index in [1.54, 1.807) is 6.92 Å². The van der Waals surface area contributed by atoms with Crippen LogP contribution in [0, 0.1) is 15.9 Å². The fraction of sp³-hybridized carbons (Fsp3) is 0.133. The molecule has 120 valence electrons. The van der Waals surface area contributed by atoms with Crippen LogP contribution in [0.25, 0.3) is 0 Å². The zero-order valence-corrected chi connectivity index (χ0v) is 13.6. The van der Waals surface area contributed by atoms with Gasteiger partial charge in [-0.2, -0.15) is 0 Å². The Labute approximate surface area is 139 Å². The molecule has 0 unspecified atom stereocenters. The Balaban J connectivity index is 2.40. The second-order valence-corrected chi connectivity index (χ2v) is 5.28. The van der Waals surface area contributed by atoms with Crippen LogP contribution in [0.4, 0.5) is 15.8 Å². The lowest BCUT2D eigenvalue weighted by Crippen LogP contribution is -2.15. The molecule has 0 saturated heterocycles. The van der Waals surface area contributed by atoms with Gasteiger partial charge in [-0.3, -0.25) is 14.9 Å². The molecular formula is C15H12BrFN2O4. The summed E-state index contributed by atoms with van der Waals surface area (Å²) in [5.74, 6) is -1.06. The molecule has 0 aliphatic heterocycles. The molecule has 2 rings (SSSR count). The first-order chi connectivity index (χ1) is 10.9. The van der Waals surface area contributed by atoms with Crippen LogP contribution in [-0.4, -0.2) is 17.4 Å². The van der Waals surface area contributed by atoms with Crippen molar-refractivity contribution in [3.05, 3.63) is 62.4 Å². The molecule has 0 aliphatic carbocycles. The molecule has 0 radical (unpaired) electrons. The maximum Gasteiger partial charge on any atom is 0.282 e. The topological polar surface area (TPSA) is 81.5 Å². The molecular weight excluding hydrogens is 371 g/mol. The minimum Gasteiger partial charge on any atom is -0.491 e. The molecule has 1 amide bonds. The largest absolute Gasteiger partial charge is 0.491 e. The Morgan fingerprint density at radius 1 is 1.39 bits per heavy atom. The molecule has 0 aliphatic rings. The maximum absolute atomic E-state index is 13.6. The second-order valence-electron chi connectivity index (χ2n) is 4.43. The number of para-hydroxylation sites is 1. The van der Waals surface area contributed by atoms with Gasteiger partial charge in [-0.05, 0) is 35.0 Å². The first-order valence-electron chi connectivity index (χ1n) is 6.60. The third-order valence-corrected chi connectivity index (χ3v) is 3.48. The van der Waals surface area contributed by atoms with Crippen molar-refractivity contribution in [3.8, 4) is 5.75 Å². The van der Waals surface area contributed by atoms with Crippen molar-refractivity contribution in [1.82, 2.24) is 0 Å². The maximum atomic E-state index is 13.6. The average molecular weight is 383 g/mol. The summed E-state index contributed by atoms with van der Waals surface area (Å²) < 4.78 is 19.3. The molecule has 2 aromatic rings. The van der Waals surface area contributed by atoms with Crippen molar-refractivity contribution in [2.45, 2.75) is 6.92 Å². The SMILES string of the molecule is CCOc1c(Br)cc(F)cc1NC(=O)c1ccccc1[N+](=O)[O-]. The number of nitrogens with zero attached hydrogens (tertiary/aromatic N) is 1. The van der Waals surface area contributed by atoms with Crippen LogP contribution >= 0.6 is 15.9 Å². The van der Waals surface area contributed by atoms with Gasteiger partial charge in [-0.15, -0.1) is 0 Å². The van der Waals surface area contributed by atoms with Gasteiger partial charge in [0.2, 0.25) is 0 Å². The molecule has 0 aromatic heterocycles. The van der Waals surface area contributed by atoms with E-state index in [-0.39, 0.29) is 22.7 Å². The number of amides is 1. The highest BCUT2D eigenvalue weighted by Crippen LogP contribution is 2.35. The first-order valence-corrected chi connectivity index (χ1v) is 7.40. The number of nitro benzene ring substituents is 1. The summed E-state index contributed by atoms with van der Waals surface area (Å²) in [6, 6.07) is 7.79. The lowest BCUT2D eigenvalue weighted by atomic mass is 10.1. The quantitative estimate of drug-likeness (QED) is 0.621. The lowest BCUT2D eigenvalue weighted by Gasteiger charge is -2.13. The Hall–Kier alpha value is -2.48. The number of carbonyl (C=O) groups excluding carboxylic acids is 1. The van der Waals surface area contributed by atoms with Crippen molar-refractivity contribution < 1.29 is 18.8 Å². The van der Waals surface area contributed by atoms with Gasteiger partial charge < -0.3 is 10.1 Å². The molecule has 0 fully saturated rings. The lowest BCUT2D eigenvalue weighted by molar-refractivity contribution is -0.385. The summed E-state index contributed by atoms with van der Waals surface area (Å²) in [7, 11) is 0. The number of nitrogens with one attached hydrogen (secondary N) is 1. The second kappa shape index (κ2) is 7.19. The van der Waals surface area contributed by atoms with E-state index < -0.39 is 16.6 Å². The summed E-state index contributed by atoms with van der Waals surface area (Å²) in [6.45, 7) is 2.04. The average Bonchev–Trinajstić information content (AvgIpc) is 2.50. The number of hydrogen-bond acceptors (Lipinski definition) is 4. The first kappa shape index (κ1) is 16.9. The van der Waals surface area contributed by atoms with E-state index in [1.165, 1.54) is 30.3 Å². The van der Waals surface area contributed by atoms with E-state index in [1.807, 2.05) is 0 Å². The number of carbonyl (C=O) groups is 1. The molecule has 6 nitrogen and oxygen atoms in total. The number of nitro groups is 1. The van der Waals surface area contributed by atoms with Crippen LogP contribution < -0.4 is 10.1 Å². The highest BCUT2D eigenvalue weighted by atomic mass is 79.9. The van der Waals surface area contributed by atoms with Gasteiger partial charge in [0.1, 0.15) is 11.4 Å². The fourth-order valence-electron chi connectivity index (χ4n) is 1.96. The van der Waals surface area contributed by atoms with Crippen LogP contribution in [0.15, 0.2) is 40.9 Å². The zero-order chi connectivity index (χ0) is 17.0. The van der Waals surface area contributed by atoms with Gasteiger partial charge in [-0.1, -0.05) is 12.1 Å². The summed E-state index contributed by atoms with van der Waals surface area (Å²) in [5.41, 5.74) is -0.374. The van der Waals surface area contributed by atoms with E-state index in [2.05, 4.69) is 21.2 Å². The summed E-state index contributed by atoms with van der Waals surface area (Å²) in [5, 5.41) is 13.4. The zero-order valence-electron chi connectivity index (χ0n) is 12.0. The van der Waals surface area contributed by atoms with Gasteiger partial charge in [0, 0.05) is 12.1 Å². The number of rotatable bonds is 5. The number of benzene rings is 2. The molecule has 2 aromatic carbocycles. The van der Waals surface area contributed by atoms with Crippen LogP contribution in [0.3, 0.4) is 0 Å². The summed E-state index contributed by atoms with van der Waals surface area (Å²) >= 11 is 3.16. The molecule has 0 atom stereocenters. The Morgan fingerprint density at radius 2 is 2.09 bits per heavy atom. The standard InChI is InChI=1S/C15H12BrFN2O4/c1-2-23-14-11(16)7-9(17)8-12(14)18-15(20)10-5-3-4-6-13(10)19(21)22/h3-8H,2H2,1H3,(H,18,20). The van der Waals surface area contributed by atoms with Crippen LogP contribution in [0.2, 0.25) is 0 Å². The van der Waals surface area contributed by atoms with Crippen LogP contribution in [0.1, 0.15) is 17.3 Å². The van der Waals surface area contributed by atoms with Gasteiger partial charge >= 0.3 is 0 Å². The number of halogens is 2. The molecule has 1 N–H and O–H groups in total. The van der Waals surface area contributed by atoms with Gasteiger partial charge in [-0.25, -0.2) is 4.39 Å². The Morgan fingerprint density at radius 3 is 2.74 bits per heavy atom. The smallest absolute Gasteiger partial charge is 0.282 e. The predicted molar refractivity (Wildman–Crippen MR) is 86.3 cm³/mol. The molecule has 0 saturated carbocycles. The molecule has 23 heavy (non-hydrogen) atoms. The number of ether oxygens (including phenoxy) is 1. The Bertz CT molecular complexity index is 767. The van der Waals surface area contributed by atoms with Crippen molar-refractivity contribution in [3.63, 3.8) is 0 Å². The fourth-order valence-corrected chi connectivity index (χ4v) is 2.51. The third kappa shape index (κ3) is 3.84. The van der Waals surface area contributed by atoms with Crippen molar-refractivity contribution in [2.75, 3.05) is 11.9 Å². The minimum absolute atomic E-state index is 0.0851. The molecule has 0 heterocycles.